The first-order valence-electron chi connectivity index (χ1n) is 8.55. The van der Waals surface area contributed by atoms with E-state index in [9.17, 15) is 15.0 Å². The lowest BCUT2D eigenvalue weighted by Crippen LogP contribution is -2.32. The minimum atomic E-state index is -1.09. The van der Waals surface area contributed by atoms with Gasteiger partial charge in [-0.15, -0.1) is 0 Å². The fraction of sp³-hybridized carbons (Fsp3) is 0.238. The number of anilines is 1. The molecule has 1 heterocycles. The predicted octanol–water partition coefficient (Wildman–Crippen LogP) is 2.94. The summed E-state index contributed by atoms with van der Waals surface area (Å²) in [6.45, 7) is 3.91. The lowest BCUT2D eigenvalue weighted by atomic mass is 9.88. The van der Waals surface area contributed by atoms with Gasteiger partial charge in [0.25, 0.3) is 0 Å². The highest BCUT2D eigenvalue weighted by Crippen LogP contribution is 2.32. The van der Waals surface area contributed by atoms with Crippen LogP contribution in [0, 0.1) is 11.3 Å². The number of aliphatic hydroxyl groups excluding tert-OH is 1. The smallest absolute Gasteiger partial charge is 0.137 e. The van der Waals surface area contributed by atoms with E-state index >= 15 is 0 Å². The molecule has 0 radical (unpaired) electrons. The topological polar surface area (TPSA) is 87.4 Å². The summed E-state index contributed by atoms with van der Waals surface area (Å²) in [7, 11) is 0. The number of carbonyl (C=O) groups excluding carboxylic acids is 1. The van der Waals surface area contributed by atoms with Crippen LogP contribution in [0.5, 0.6) is 0 Å². The highest BCUT2D eigenvalue weighted by atomic mass is 16.4. The summed E-state index contributed by atoms with van der Waals surface area (Å²) in [5.41, 5.74) is 2.72. The van der Waals surface area contributed by atoms with Crippen molar-refractivity contribution in [2.75, 3.05) is 11.4 Å². The molecular weight excluding hydrogens is 328 g/mol. The SMILES string of the molecule is CC(C)[C@H](C(=O)[O-])c1ccc(N2CC(O)=C(c3ccccc3)C2=N)cc1. The molecule has 2 N–H and O–H groups in total. The second-order valence-electron chi connectivity index (χ2n) is 6.75. The molecule has 0 unspecified atom stereocenters. The number of aliphatic hydroxyl groups is 1. The average molecular weight is 349 g/mol. The second-order valence-corrected chi connectivity index (χ2v) is 6.75. The Morgan fingerprint density at radius 1 is 1.12 bits per heavy atom. The minimum absolute atomic E-state index is 0.0775. The predicted molar refractivity (Wildman–Crippen MR) is 100 cm³/mol. The molecule has 2 aromatic carbocycles. The number of carbonyl (C=O) groups is 1. The summed E-state index contributed by atoms with van der Waals surface area (Å²) in [6.07, 6.45) is 0. The van der Waals surface area contributed by atoms with Gasteiger partial charge >= 0.3 is 0 Å². The van der Waals surface area contributed by atoms with Gasteiger partial charge < -0.3 is 19.9 Å². The summed E-state index contributed by atoms with van der Waals surface area (Å²) in [5.74, 6) is -1.46. The van der Waals surface area contributed by atoms with Crippen molar-refractivity contribution in [3.63, 3.8) is 0 Å². The molecule has 0 bridgehead atoms. The first kappa shape index (κ1) is 17.7. The van der Waals surface area contributed by atoms with Gasteiger partial charge in [0.2, 0.25) is 0 Å². The number of nitrogens with zero attached hydrogens (tertiary/aromatic N) is 1. The van der Waals surface area contributed by atoms with Crippen molar-refractivity contribution >= 4 is 23.1 Å². The Morgan fingerprint density at radius 3 is 2.27 bits per heavy atom. The van der Waals surface area contributed by atoms with Crippen LogP contribution in [0.4, 0.5) is 5.69 Å². The monoisotopic (exact) mass is 349 g/mol. The Bertz CT molecular complexity index is 855. The average Bonchev–Trinajstić information content (AvgIpc) is 2.90. The normalized spacial score (nSPS) is 15.7. The van der Waals surface area contributed by atoms with E-state index in [0.717, 1.165) is 11.3 Å². The van der Waals surface area contributed by atoms with Crippen molar-refractivity contribution in [2.45, 2.75) is 19.8 Å². The van der Waals surface area contributed by atoms with Gasteiger partial charge in [0.15, 0.2) is 0 Å². The Kier molecular flexibility index (Phi) is 4.80. The standard InChI is InChI=1S/C21H22N2O3/c1-13(2)18(21(25)26)15-8-10-16(11-9-15)23-12-17(24)19(20(23)22)14-6-4-3-5-7-14/h3-11,13,18,22,24H,12H2,1-2H3,(H,25,26)/p-1/t18-/m0/s1. The van der Waals surface area contributed by atoms with Crippen molar-refractivity contribution in [1.29, 1.82) is 5.41 Å². The maximum Gasteiger partial charge on any atom is 0.137 e. The molecule has 5 heteroatoms. The maximum absolute atomic E-state index is 11.4. The third-order valence-electron chi connectivity index (χ3n) is 4.65. The van der Waals surface area contributed by atoms with Gasteiger partial charge in [0, 0.05) is 17.6 Å². The number of amidine groups is 1. The molecule has 0 aromatic heterocycles. The van der Waals surface area contributed by atoms with Crippen LogP contribution in [0.25, 0.3) is 5.57 Å². The number of carboxylic acids is 1. The van der Waals surface area contributed by atoms with Gasteiger partial charge in [0.1, 0.15) is 11.6 Å². The molecule has 0 fully saturated rings. The van der Waals surface area contributed by atoms with Gasteiger partial charge in [-0.05, 0) is 29.2 Å². The first-order chi connectivity index (χ1) is 12.4. The molecule has 1 aliphatic heterocycles. The number of hydrogen-bond donors (Lipinski definition) is 2. The number of rotatable bonds is 5. The van der Waals surface area contributed by atoms with Gasteiger partial charge in [-0.25, -0.2) is 0 Å². The Labute approximate surface area is 152 Å². The zero-order valence-electron chi connectivity index (χ0n) is 14.8. The molecule has 0 saturated carbocycles. The van der Waals surface area contributed by atoms with Crippen LogP contribution in [-0.2, 0) is 4.79 Å². The summed E-state index contributed by atoms with van der Waals surface area (Å²) in [5, 5.41) is 30.2. The zero-order chi connectivity index (χ0) is 18.8. The molecule has 0 saturated heterocycles. The van der Waals surface area contributed by atoms with Gasteiger partial charge in [-0.2, -0.15) is 0 Å². The van der Waals surface area contributed by atoms with Gasteiger partial charge in [-0.1, -0.05) is 56.3 Å². The molecule has 5 nitrogen and oxygen atoms in total. The lowest BCUT2D eigenvalue weighted by Gasteiger charge is -2.24. The van der Waals surface area contributed by atoms with Gasteiger partial charge in [-0.3, -0.25) is 5.41 Å². The Balaban J connectivity index is 1.86. The highest BCUT2D eigenvalue weighted by molar-refractivity contribution is 6.30. The van der Waals surface area contributed by atoms with Crippen molar-refractivity contribution in [3.05, 3.63) is 71.5 Å². The number of benzene rings is 2. The maximum atomic E-state index is 11.4. The fourth-order valence-corrected chi connectivity index (χ4v) is 3.36. The highest BCUT2D eigenvalue weighted by Gasteiger charge is 2.29. The van der Waals surface area contributed by atoms with Crippen LogP contribution >= 0.6 is 0 Å². The van der Waals surface area contributed by atoms with Crippen molar-refractivity contribution in [3.8, 4) is 0 Å². The molecule has 2 aromatic rings. The van der Waals surface area contributed by atoms with Crippen LogP contribution in [0.1, 0.15) is 30.9 Å². The van der Waals surface area contributed by atoms with E-state index in [2.05, 4.69) is 0 Å². The Morgan fingerprint density at radius 2 is 1.73 bits per heavy atom. The molecule has 134 valence electrons. The summed E-state index contributed by atoms with van der Waals surface area (Å²) in [4.78, 5) is 13.1. The van der Waals surface area contributed by atoms with E-state index in [4.69, 9.17) is 5.41 Å². The zero-order valence-corrected chi connectivity index (χ0v) is 14.8. The molecular formula is C21H21N2O3-. The summed E-state index contributed by atoms with van der Waals surface area (Å²) < 4.78 is 0. The number of nitrogens with one attached hydrogen (secondary N) is 1. The van der Waals surface area contributed by atoms with E-state index in [0.29, 0.717) is 11.1 Å². The number of aliphatic carboxylic acids is 1. The summed E-state index contributed by atoms with van der Waals surface area (Å²) >= 11 is 0. The second kappa shape index (κ2) is 7.04. The van der Waals surface area contributed by atoms with E-state index in [1.165, 1.54) is 0 Å². The van der Waals surface area contributed by atoms with E-state index in [1.807, 2.05) is 44.2 Å². The molecule has 26 heavy (non-hydrogen) atoms. The van der Waals surface area contributed by atoms with E-state index in [1.54, 1.807) is 29.2 Å². The van der Waals surface area contributed by atoms with Crippen LogP contribution in [0.2, 0.25) is 0 Å². The van der Waals surface area contributed by atoms with Crippen LogP contribution in [0.3, 0.4) is 0 Å². The van der Waals surface area contributed by atoms with Crippen LogP contribution in [-0.4, -0.2) is 23.5 Å². The molecule has 1 atom stereocenters. The first-order valence-corrected chi connectivity index (χ1v) is 8.55. The minimum Gasteiger partial charge on any atom is -0.549 e. The van der Waals surface area contributed by atoms with Crippen molar-refractivity contribution < 1.29 is 15.0 Å². The lowest BCUT2D eigenvalue weighted by molar-refractivity contribution is -0.309. The summed E-state index contributed by atoms with van der Waals surface area (Å²) in [6, 6.07) is 16.4. The fourth-order valence-electron chi connectivity index (χ4n) is 3.36. The van der Waals surface area contributed by atoms with Crippen LogP contribution < -0.4 is 10.0 Å². The molecule has 3 rings (SSSR count). The van der Waals surface area contributed by atoms with Crippen molar-refractivity contribution in [2.24, 2.45) is 5.92 Å². The van der Waals surface area contributed by atoms with Crippen LogP contribution in [0.15, 0.2) is 60.4 Å². The third-order valence-corrected chi connectivity index (χ3v) is 4.65. The molecule has 0 spiro atoms. The number of hydrogen-bond acceptors (Lipinski definition) is 4. The molecule has 1 aliphatic rings. The molecule has 0 aliphatic carbocycles. The number of carboxylic acid groups (broad SMARTS) is 1. The van der Waals surface area contributed by atoms with E-state index < -0.39 is 11.9 Å². The Hall–Kier alpha value is -3.08. The van der Waals surface area contributed by atoms with Gasteiger partial charge in [0.05, 0.1) is 12.1 Å². The third kappa shape index (κ3) is 3.20. The van der Waals surface area contributed by atoms with E-state index in [-0.39, 0.29) is 24.1 Å². The quantitative estimate of drug-likeness (QED) is 0.869. The molecule has 0 amide bonds. The van der Waals surface area contributed by atoms with Crippen molar-refractivity contribution in [1.82, 2.24) is 0 Å². The largest absolute Gasteiger partial charge is 0.549 e.